The first-order valence-corrected chi connectivity index (χ1v) is 4.58. The summed E-state index contributed by atoms with van der Waals surface area (Å²) in [5.74, 6) is 0. The molecule has 4 N–H and O–H groups in total. The van der Waals surface area contributed by atoms with Crippen LogP contribution in [-0.4, -0.2) is 64.7 Å². The Hall–Kier alpha value is -0.850. The molecule has 0 aromatic carbocycles. The number of aliphatic hydroxyl groups excluding tert-OH is 3. The molecule has 0 aromatic heterocycles. The van der Waals surface area contributed by atoms with Crippen molar-refractivity contribution in [3.8, 4) is 0 Å². The zero-order valence-corrected chi connectivity index (χ0v) is 7.94. The second-order valence-electron chi connectivity index (χ2n) is 3.44. The maximum Gasteiger partial charge on any atom is 0.318 e. The average molecular weight is 204 g/mol. The van der Waals surface area contributed by atoms with E-state index >= 15 is 0 Å². The number of urea groups is 1. The maximum absolute atomic E-state index is 11.4. The van der Waals surface area contributed by atoms with E-state index in [4.69, 9.17) is 15.3 Å². The van der Waals surface area contributed by atoms with E-state index in [2.05, 4.69) is 5.32 Å². The Morgan fingerprint density at radius 1 is 1.29 bits per heavy atom. The zero-order chi connectivity index (χ0) is 10.6. The van der Waals surface area contributed by atoms with Crippen LogP contribution in [0.3, 0.4) is 0 Å². The molecule has 0 aromatic rings. The molecule has 0 aliphatic carbocycles. The fourth-order valence-electron chi connectivity index (χ4n) is 1.49. The van der Waals surface area contributed by atoms with Gasteiger partial charge in [0, 0.05) is 13.1 Å². The largest absolute Gasteiger partial charge is 0.394 e. The molecule has 0 radical (unpaired) electrons. The first-order chi connectivity index (χ1) is 6.70. The summed E-state index contributed by atoms with van der Waals surface area (Å²) in [6.45, 7) is -0.324. The first-order valence-electron chi connectivity index (χ1n) is 4.58. The van der Waals surface area contributed by atoms with Crippen molar-refractivity contribution < 1.29 is 20.1 Å². The van der Waals surface area contributed by atoms with Gasteiger partial charge in [-0.05, 0) is 6.42 Å². The first kappa shape index (κ1) is 11.2. The number of carbonyl (C=O) groups excluding carboxylic acids is 1. The second kappa shape index (κ2) is 4.59. The van der Waals surface area contributed by atoms with Gasteiger partial charge in [0.15, 0.2) is 0 Å². The highest BCUT2D eigenvalue weighted by atomic mass is 16.3. The number of nitrogens with zero attached hydrogens (tertiary/aromatic N) is 1. The molecule has 14 heavy (non-hydrogen) atoms. The fourth-order valence-corrected chi connectivity index (χ4v) is 1.49. The molecule has 0 unspecified atom stereocenters. The standard InChI is InChI=1S/C8H16N2O4/c11-4-8(5-12,6-13)10-3-1-2-9-7(10)14/h11-13H,1-6H2,(H,9,14). The van der Waals surface area contributed by atoms with Crippen LogP contribution in [0, 0.1) is 0 Å². The van der Waals surface area contributed by atoms with E-state index in [1.165, 1.54) is 4.90 Å². The Kier molecular flexibility index (Phi) is 3.68. The Balaban J connectivity index is 2.79. The summed E-state index contributed by atoms with van der Waals surface area (Å²) in [5.41, 5.74) is -1.25. The molecule has 1 heterocycles. The summed E-state index contributed by atoms with van der Waals surface area (Å²) in [4.78, 5) is 12.7. The molecule has 0 spiro atoms. The van der Waals surface area contributed by atoms with E-state index in [1.54, 1.807) is 0 Å². The topological polar surface area (TPSA) is 93.0 Å². The number of hydrogen-bond acceptors (Lipinski definition) is 4. The van der Waals surface area contributed by atoms with Crippen molar-refractivity contribution in [2.24, 2.45) is 0 Å². The number of hydrogen-bond donors (Lipinski definition) is 4. The van der Waals surface area contributed by atoms with Gasteiger partial charge in [0.25, 0.3) is 0 Å². The van der Waals surface area contributed by atoms with E-state index in [1.807, 2.05) is 0 Å². The predicted molar refractivity (Wildman–Crippen MR) is 48.7 cm³/mol. The maximum atomic E-state index is 11.4. The van der Waals surface area contributed by atoms with Crippen LogP contribution >= 0.6 is 0 Å². The third kappa shape index (κ3) is 1.82. The molecule has 0 saturated carbocycles. The highest BCUT2D eigenvalue weighted by Crippen LogP contribution is 2.16. The van der Waals surface area contributed by atoms with Crippen LogP contribution in [0.1, 0.15) is 6.42 Å². The van der Waals surface area contributed by atoms with Crippen LogP contribution in [0.2, 0.25) is 0 Å². The minimum Gasteiger partial charge on any atom is -0.394 e. The summed E-state index contributed by atoms with van der Waals surface area (Å²) in [5, 5.41) is 29.9. The molecule has 82 valence electrons. The quantitative estimate of drug-likeness (QED) is 0.431. The van der Waals surface area contributed by atoms with Crippen molar-refractivity contribution in [2.75, 3.05) is 32.9 Å². The van der Waals surface area contributed by atoms with Gasteiger partial charge in [0.2, 0.25) is 0 Å². The Morgan fingerprint density at radius 3 is 2.29 bits per heavy atom. The van der Waals surface area contributed by atoms with Gasteiger partial charge < -0.3 is 25.5 Å². The normalized spacial score (nSPS) is 18.2. The number of amides is 2. The van der Waals surface area contributed by atoms with Crippen molar-refractivity contribution in [1.82, 2.24) is 10.2 Å². The van der Waals surface area contributed by atoms with Crippen LogP contribution in [0.15, 0.2) is 0 Å². The predicted octanol–water partition coefficient (Wildman–Crippen LogP) is -1.88. The third-order valence-electron chi connectivity index (χ3n) is 2.54. The smallest absolute Gasteiger partial charge is 0.318 e. The molecule has 6 nitrogen and oxygen atoms in total. The van der Waals surface area contributed by atoms with Gasteiger partial charge in [0.05, 0.1) is 19.8 Å². The van der Waals surface area contributed by atoms with E-state index < -0.39 is 25.4 Å². The number of aliphatic hydroxyl groups is 3. The minimum atomic E-state index is -1.25. The number of rotatable bonds is 4. The molecule has 1 saturated heterocycles. The molecule has 6 heteroatoms. The second-order valence-corrected chi connectivity index (χ2v) is 3.44. The molecule has 2 amide bonds. The zero-order valence-electron chi connectivity index (χ0n) is 7.94. The summed E-state index contributed by atoms with van der Waals surface area (Å²) in [6.07, 6.45) is 0.744. The number of carbonyl (C=O) groups is 1. The van der Waals surface area contributed by atoms with Gasteiger partial charge in [-0.1, -0.05) is 0 Å². The monoisotopic (exact) mass is 204 g/mol. The summed E-state index contributed by atoms with van der Waals surface area (Å²) >= 11 is 0. The molecule has 0 atom stereocenters. The summed E-state index contributed by atoms with van der Waals surface area (Å²) < 4.78 is 0. The molecule has 1 rings (SSSR count). The molecule has 1 aliphatic heterocycles. The van der Waals surface area contributed by atoms with Crippen LogP contribution in [0.5, 0.6) is 0 Å². The average Bonchev–Trinajstić information content (AvgIpc) is 2.24. The lowest BCUT2D eigenvalue weighted by molar-refractivity contribution is -0.0299. The van der Waals surface area contributed by atoms with Gasteiger partial charge in [-0.25, -0.2) is 4.79 Å². The SMILES string of the molecule is O=C1NCCCN1C(CO)(CO)CO. The van der Waals surface area contributed by atoms with Crippen LogP contribution in [-0.2, 0) is 0 Å². The third-order valence-corrected chi connectivity index (χ3v) is 2.54. The Bertz CT molecular complexity index is 197. The van der Waals surface area contributed by atoms with E-state index in [-0.39, 0.29) is 6.03 Å². The molecule has 1 fully saturated rings. The lowest BCUT2D eigenvalue weighted by Crippen LogP contribution is -2.64. The molecule has 1 aliphatic rings. The highest BCUT2D eigenvalue weighted by Gasteiger charge is 2.39. The molecular weight excluding hydrogens is 188 g/mol. The van der Waals surface area contributed by atoms with Crippen molar-refractivity contribution >= 4 is 6.03 Å². The lowest BCUT2D eigenvalue weighted by atomic mass is 10.00. The van der Waals surface area contributed by atoms with Gasteiger partial charge in [-0.15, -0.1) is 0 Å². The number of nitrogens with one attached hydrogen (secondary N) is 1. The molecule has 0 bridgehead atoms. The van der Waals surface area contributed by atoms with Gasteiger partial charge in [-0.2, -0.15) is 0 Å². The molecular formula is C8H16N2O4. The lowest BCUT2D eigenvalue weighted by Gasteiger charge is -2.42. The van der Waals surface area contributed by atoms with E-state index in [9.17, 15) is 4.79 Å². The van der Waals surface area contributed by atoms with Crippen molar-refractivity contribution in [3.05, 3.63) is 0 Å². The fraction of sp³-hybridized carbons (Fsp3) is 0.875. The highest BCUT2D eigenvalue weighted by molar-refractivity contribution is 5.75. The van der Waals surface area contributed by atoms with Crippen LogP contribution < -0.4 is 5.32 Å². The minimum absolute atomic E-state index is 0.353. The van der Waals surface area contributed by atoms with Crippen molar-refractivity contribution in [1.29, 1.82) is 0 Å². The van der Waals surface area contributed by atoms with Gasteiger partial charge >= 0.3 is 6.03 Å². The van der Waals surface area contributed by atoms with E-state index in [0.717, 1.165) is 6.42 Å². The Morgan fingerprint density at radius 2 is 1.86 bits per heavy atom. The van der Waals surface area contributed by atoms with Gasteiger partial charge in [0.1, 0.15) is 5.54 Å². The van der Waals surface area contributed by atoms with Gasteiger partial charge in [-0.3, -0.25) is 0 Å². The van der Waals surface area contributed by atoms with Crippen LogP contribution in [0.4, 0.5) is 4.79 Å². The van der Waals surface area contributed by atoms with E-state index in [0.29, 0.717) is 13.1 Å². The summed E-state index contributed by atoms with van der Waals surface area (Å²) in [7, 11) is 0. The van der Waals surface area contributed by atoms with Crippen molar-refractivity contribution in [2.45, 2.75) is 12.0 Å². The van der Waals surface area contributed by atoms with Crippen molar-refractivity contribution in [3.63, 3.8) is 0 Å². The summed E-state index contributed by atoms with van der Waals surface area (Å²) in [6, 6.07) is -0.353. The Labute approximate surface area is 82.1 Å². The van der Waals surface area contributed by atoms with Crippen LogP contribution in [0.25, 0.3) is 0 Å².